The van der Waals surface area contributed by atoms with Crippen molar-refractivity contribution in [2.75, 3.05) is 5.75 Å². The van der Waals surface area contributed by atoms with Crippen molar-refractivity contribution in [2.45, 2.75) is 42.1 Å². The van der Waals surface area contributed by atoms with Crippen LogP contribution >= 0.6 is 34.7 Å². The average Bonchev–Trinajstić information content (AvgIpc) is 3.18. The second kappa shape index (κ2) is 9.57. The molecule has 0 bridgehead atoms. The van der Waals surface area contributed by atoms with E-state index in [1.165, 1.54) is 35.2 Å². The Kier molecular flexibility index (Phi) is 7.36. The summed E-state index contributed by atoms with van der Waals surface area (Å²) in [5.74, 6) is -1.53. The first kappa shape index (κ1) is 21.6. The second-order valence-electron chi connectivity index (χ2n) is 7.03. The Labute approximate surface area is 175 Å². The topological polar surface area (TPSA) is 57.5 Å². The number of carboxylic acid groups (broad SMARTS) is 1. The maximum atomic E-state index is 13.4. The number of aryl methyl sites for hydroxylation is 1. The molecule has 3 nitrogen and oxygen atoms in total. The molecule has 0 saturated heterocycles. The lowest BCUT2D eigenvalue weighted by Crippen LogP contribution is -2.23. The normalized spacial score (nSPS) is 24.6. The van der Waals surface area contributed by atoms with Crippen molar-refractivity contribution in [1.82, 2.24) is 0 Å². The molecule has 0 amide bonds. The number of aliphatic hydroxyl groups is 1. The Morgan fingerprint density at radius 3 is 2.57 bits per heavy atom. The molecule has 1 heterocycles. The Morgan fingerprint density at radius 1 is 1.21 bits per heavy atom. The van der Waals surface area contributed by atoms with Gasteiger partial charge in [0, 0.05) is 27.0 Å². The first-order valence-corrected chi connectivity index (χ1v) is 11.3. The number of carbonyl (C=O) groups is 1. The molecule has 1 fully saturated rings. The van der Waals surface area contributed by atoms with E-state index in [4.69, 9.17) is 16.7 Å². The summed E-state index contributed by atoms with van der Waals surface area (Å²) in [4.78, 5) is 12.8. The van der Waals surface area contributed by atoms with E-state index in [1.807, 2.05) is 6.07 Å². The summed E-state index contributed by atoms with van der Waals surface area (Å²) in [6.45, 7) is 0. The Bertz CT molecular complexity index is 809. The molecule has 0 unspecified atom stereocenters. The number of hydrogen-bond donors (Lipinski definition) is 2. The summed E-state index contributed by atoms with van der Waals surface area (Å²) in [5.41, 5.74) is 0. The van der Waals surface area contributed by atoms with E-state index in [0.717, 1.165) is 30.2 Å². The minimum Gasteiger partial charge on any atom is -0.477 e. The van der Waals surface area contributed by atoms with E-state index in [9.17, 15) is 18.7 Å². The van der Waals surface area contributed by atoms with Gasteiger partial charge in [-0.25, -0.2) is 13.6 Å². The molecular weight excluding hydrogens is 426 g/mol. The molecule has 1 aliphatic carbocycles. The van der Waals surface area contributed by atoms with Gasteiger partial charge in [-0.3, -0.25) is 0 Å². The number of rotatable bonds is 8. The molecule has 1 aromatic heterocycles. The quantitative estimate of drug-likeness (QED) is 0.418. The van der Waals surface area contributed by atoms with Crippen LogP contribution in [-0.2, 0) is 6.42 Å². The molecule has 28 heavy (non-hydrogen) atoms. The number of alkyl halides is 1. The zero-order valence-electron chi connectivity index (χ0n) is 15.0. The van der Waals surface area contributed by atoms with E-state index < -0.39 is 23.7 Å². The van der Waals surface area contributed by atoms with Crippen LogP contribution < -0.4 is 0 Å². The number of hydrogen-bond acceptors (Lipinski definition) is 4. The van der Waals surface area contributed by atoms with Gasteiger partial charge in [0.1, 0.15) is 16.5 Å². The number of carboxylic acids is 1. The molecule has 8 heteroatoms. The van der Waals surface area contributed by atoms with Gasteiger partial charge in [-0.2, -0.15) is 0 Å². The van der Waals surface area contributed by atoms with Crippen molar-refractivity contribution >= 4 is 40.7 Å². The average molecular weight is 447 g/mol. The van der Waals surface area contributed by atoms with Crippen molar-refractivity contribution in [2.24, 2.45) is 11.8 Å². The van der Waals surface area contributed by atoms with E-state index in [2.05, 4.69) is 0 Å². The van der Waals surface area contributed by atoms with Crippen LogP contribution in [0.15, 0.2) is 35.2 Å². The predicted molar refractivity (Wildman–Crippen MR) is 109 cm³/mol. The fourth-order valence-corrected chi connectivity index (χ4v) is 6.34. The maximum Gasteiger partial charge on any atom is 0.345 e. The van der Waals surface area contributed by atoms with Gasteiger partial charge in [0.25, 0.3) is 0 Å². The molecule has 1 aliphatic rings. The Balaban J connectivity index is 1.56. The highest BCUT2D eigenvalue weighted by molar-refractivity contribution is 7.99. The molecule has 2 aromatic rings. The lowest BCUT2D eigenvalue weighted by Gasteiger charge is -2.23. The minimum atomic E-state index is -0.915. The van der Waals surface area contributed by atoms with Crippen LogP contribution in [0.2, 0.25) is 0 Å². The molecule has 0 radical (unpaired) electrons. The molecule has 1 aromatic carbocycles. The first-order valence-electron chi connectivity index (χ1n) is 9.06. The van der Waals surface area contributed by atoms with Crippen LogP contribution in [0.4, 0.5) is 8.78 Å². The molecule has 1 saturated carbocycles. The smallest absolute Gasteiger partial charge is 0.345 e. The molecule has 0 aliphatic heterocycles. The van der Waals surface area contributed by atoms with Crippen molar-refractivity contribution in [3.8, 4) is 0 Å². The van der Waals surface area contributed by atoms with Gasteiger partial charge >= 0.3 is 5.97 Å². The van der Waals surface area contributed by atoms with Crippen LogP contribution in [0.25, 0.3) is 0 Å². The van der Waals surface area contributed by atoms with Crippen LogP contribution in [0.5, 0.6) is 0 Å². The van der Waals surface area contributed by atoms with Crippen molar-refractivity contribution < 1.29 is 23.8 Å². The minimum absolute atomic E-state index is 0.0447. The molecule has 2 N–H and O–H groups in total. The molecule has 4 atom stereocenters. The monoisotopic (exact) mass is 446 g/mol. The van der Waals surface area contributed by atoms with Gasteiger partial charge in [-0.05, 0) is 61.8 Å². The van der Waals surface area contributed by atoms with Gasteiger partial charge in [0.15, 0.2) is 0 Å². The Hall–Kier alpha value is -1.15. The number of thiophene rings is 1. The summed E-state index contributed by atoms with van der Waals surface area (Å²) in [6, 6.07) is 6.87. The standard InChI is InChI=1S/C20H21ClF2O3S2/c21-17-9-18(24)16(10-27-14-7-11(22)6-12(23)8-14)15(17)3-1-2-13-4-5-19(28-13)20(25)26/h4-8,15-18,24H,1-3,9-10H2,(H,25,26)/t15-,16-,17-,18-/m1/s1. The zero-order valence-corrected chi connectivity index (χ0v) is 17.4. The van der Waals surface area contributed by atoms with Crippen LogP contribution in [0, 0.1) is 23.5 Å². The molecular formula is C20H21ClF2O3S2. The SMILES string of the molecule is O=C(O)c1ccc(CCC[C@@H]2[C@@H](CSc3cc(F)cc(F)c3)[C@H](O)C[C@H]2Cl)s1. The lowest BCUT2D eigenvalue weighted by atomic mass is 9.91. The number of thioether (sulfide) groups is 1. The fraction of sp³-hybridized carbons (Fsp3) is 0.450. The van der Waals surface area contributed by atoms with Gasteiger partial charge in [-0.15, -0.1) is 34.7 Å². The molecule has 0 spiro atoms. The number of halogens is 3. The Morgan fingerprint density at radius 2 is 1.93 bits per heavy atom. The van der Waals surface area contributed by atoms with Gasteiger partial charge < -0.3 is 10.2 Å². The van der Waals surface area contributed by atoms with Crippen LogP contribution in [0.3, 0.4) is 0 Å². The number of benzene rings is 1. The van der Waals surface area contributed by atoms with Crippen molar-refractivity contribution in [1.29, 1.82) is 0 Å². The van der Waals surface area contributed by atoms with E-state index >= 15 is 0 Å². The zero-order chi connectivity index (χ0) is 20.3. The first-order chi connectivity index (χ1) is 13.3. The highest BCUT2D eigenvalue weighted by atomic mass is 35.5. The summed E-state index contributed by atoms with van der Waals surface area (Å²) in [5, 5.41) is 19.3. The van der Waals surface area contributed by atoms with E-state index in [-0.39, 0.29) is 17.2 Å². The summed E-state index contributed by atoms with van der Waals surface area (Å²) in [7, 11) is 0. The molecule has 152 valence electrons. The van der Waals surface area contributed by atoms with Crippen molar-refractivity contribution in [3.05, 3.63) is 51.7 Å². The second-order valence-corrected chi connectivity index (χ2v) is 9.85. The third-order valence-electron chi connectivity index (χ3n) is 5.09. The third kappa shape index (κ3) is 5.47. The fourth-order valence-electron chi connectivity index (χ4n) is 3.71. The lowest BCUT2D eigenvalue weighted by molar-refractivity contribution is 0.0702. The third-order valence-corrected chi connectivity index (χ3v) is 7.84. The summed E-state index contributed by atoms with van der Waals surface area (Å²) >= 11 is 9.07. The highest BCUT2D eigenvalue weighted by Crippen LogP contribution is 2.42. The number of aliphatic hydroxyl groups excluding tert-OH is 1. The summed E-state index contributed by atoms with van der Waals surface area (Å²) in [6.07, 6.45) is 2.41. The largest absolute Gasteiger partial charge is 0.477 e. The predicted octanol–water partition coefficient (Wildman–Crippen LogP) is 5.44. The van der Waals surface area contributed by atoms with Gasteiger partial charge in [-0.1, -0.05) is 0 Å². The maximum absolute atomic E-state index is 13.4. The summed E-state index contributed by atoms with van der Waals surface area (Å²) < 4.78 is 26.7. The van der Waals surface area contributed by atoms with Gasteiger partial charge in [0.2, 0.25) is 0 Å². The van der Waals surface area contributed by atoms with Crippen LogP contribution in [-0.4, -0.2) is 33.4 Å². The van der Waals surface area contributed by atoms with E-state index in [1.54, 1.807) is 6.07 Å². The van der Waals surface area contributed by atoms with Gasteiger partial charge in [0.05, 0.1) is 6.10 Å². The van der Waals surface area contributed by atoms with Crippen molar-refractivity contribution in [3.63, 3.8) is 0 Å². The molecule has 3 rings (SSSR count). The number of aromatic carboxylic acids is 1. The van der Waals surface area contributed by atoms with E-state index in [0.29, 0.717) is 21.9 Å². The highest BCUT2D eigenvalue weighted by Gasteiger charge is 2.40. The van der Waals surface area contributed by atoms with Crippen LogP contribution in [0.1, 0.15) is 33.8 Å².